The van der Waals surface area contributed by atoms with Crippen molar-refractivity contribution in [2.24, 2.45) is 0 Å². The standard InChI is InChI=1S/C14H13N5O2S/c1-10-16-17-14(22-10)15-12(20)9-21-13-7-8-19(18-13)11-5-3-2-4-6-11/h2-8H,9H2,1H3,(H,15,17,20). The number of hydrogen-bond donors (Lipinski definition) is 1. The summed E-state index contributed by atoms with van der Waals surface area (Å²) in [5, 5.41) is 15.8. The van der Waals surface area contributed by atoms with Gasteiger partial charge in [-0.1, -0.05) is 29.5 Å². The third kappa shape index (κ3) is 3.47. The van der Waals surface area contributed by atoms with E-state index in [0.29, 0.717) is 11.0 Å². The van der Waals surface area contributed by atoms with Gasteiger partial charge in [-0.05, 0) is 19.1 Å². The zero-order chi connectivity index (χ0) is 15.4. The van der Waals surface area contributed by atoms with Crippen molar-refractivity contribution in [1.82, 2.24) is 20.0 Å². The van der Waals surface area contributed by atoms with Gasteiger partial charge >= 0.3 is 0 Å². The van der Waals surface area contributed by atoms with E-state index in [0.717, 1.165) is 10.7 Å². The summed E-state index contributed by atoms with van der Waals surface area (Å²) < 4.78 is 7.04. The summed E-state index contributed by atoms with van der Waals surface area (Å²) in [7, 11) is 0. The Hall–Kier alpha value is -2.74. The molecular weight excluding hydrogens is 302 g/mol. The summed E-state index contributed by atoms with van der Waals surface area (Å²) in [5.41, 5.74) is 0.922. The van der Waals surface area contributed by atoms with Crippen molar-refractivity contribution >= 4 is 22.4 Å². The van der Waals surface area contributed by atoms with Crippen molar-refractivity contribution in [3.8, 4) is 11.6 Å². The highest BCUT2D eigenvalue weighted by Gasteiger charge is 2.08. The number of nitrogens with zero attached hydrogens (tertiary/aromatic N) is 4. The molecular formula is C14H13N5O2S. The van der Waals surface area contributed by atoms with Crippen LogP contribution < -0.4 is 10.1 Å². The molecule has 1 amide bonds. The predicted molar refractivity (Wildman–Crippen MR) is 82.3 cm³/mol. The lowest BCUT2D eigenvalue weighted by Gasteiger charge is -2.03. The topological polar surface area (TPSA) is 81.9 Å². The molecule has 2 aromatic heterocycles. The normalized spacial score (nSPS) is 10.4. The quantitative estimate of drug-likeness (QED) is 0.779. The number of aryl methyl sites for hydroxylation is 1. The van der Waals surface area contributed by atoms with Gasteiger partial charge in [-0.25, -0.2) is 4.68 Å². The first kappa shape index (κ1) is 14.2. The lowest BCUT2D eigenvalue weighted by atomic mass is 10.3. The number of rotatable bonds is 5. The molecule has 2 heterocycles. The van der Waals surface area contributed by atoms with E-state index in [1.54, 1.807) is 16.9 Å². The van der Waals surface area contributed by atoms with Crippen molar-refractivity contribution in [1.29, 1.82) is 0 Å². The Kier molecular flexibility index (Phi) is 4.10. The van der Waals surface area contributed by atoms with E-state index in [9.17, 15) is 4.79 Å². The van der Waals surface area contributed by atoms with Crippen LogP contribution in [0.1, 0.15) is 5.01 Å². The van der Waals surface area contributed by atoms with Crippen molar-refractivity contribution in [2.45, 2.75) is 6.92 Å². The number of ether oxygens (including phenoxy) is 1. The molecule has 0 saturated carbocycles. The van der Waals surface area contributed by atoms with E-state index in [4.69, 9.17) is 4.74 Å². The van der Waals surface area contributed by atoms with Crippen LogP contribution in [0.25, 0.3) is 5.69 Å². The van der Waals surface area contributed by atoms with Crippen LogP contribution in [0.4, 0.5) is 5.13 Å². The number of benzene rings is 1. The van der Waals surface area contributed by atoms with E-state index >= 15 is 0 Å². The second kappa shape index (κ2) is 6.35. The Morgan fingerprint density at radius 2 is 2.09 bits per heavy atom. The summed E-state index contributed by atoms with van der Waals surface area (Å²) in [6.45, 7) is 1.68. The minimum atomic E-state index is -0.301. The molecule has 22 heavy (non-hydrogen) atoms. The minimum Gasteiger partial charge on any atom is -0.466 e. The zero-order valence-corrected chi connectivity index (χ0v) is 12.6. The van der Waals surface area contributed by atoms with Crippen LogP contribution in [0.15, 0.2) is 42.6 Å². The van der Waals surface area contributed by atoms with Crippen LogP contribution in [0.2, 0.25) is 0 Å². The van der Waals surface area contributed by atoms with E-state index in [-0.39, 0.29) is 12.5 Å². The Labute approximate surface area is 130 Å². The van der Waals surface area contributed by atoms with Gasteiger partial charge in [0.2, 0.25) is 11.0 Å². The first-order valence-electron chi connectivity index (χ1n) is 6.54. The largest absolute Gasteiger partial charge is 0.466 e. The second-order valence-corrected chi connectivity index (χ2v) is 5.58. The molecule has 0 spiro atoms. The number of para-hydroxylation sites is 1. The number of carbonyl (C=O) groups is 1. The monoisotopic (exact) mass is 315 g/mol. The predicted octanol–water partition coefficient (Wildman–Crippen LogP) is 2.05. The lowest BCUT2D eigenvalue weighted by Crippen LogP contribution is -2.20. The molecule has 8 heteroatoms. The van der Waals surface area contributed by atoms with Gasteiger partial charge in [-0.2, -0.15) is 0 Å². The summed E-state index contributed by atoms with van der Waals surface area (Å²) >= 11 is 1.31. The van der Waals surface area contributed by atoms with Gasteiger partial charge in [0.25, 0.3) is 5.91 Å². The number of hydrogen-bond acceptors (Lipinski definition) is 6. The Bertz CT molecular complexity index is 768. The molecule has 0 bridgehead atoms. The molecule has 112 valence electrons. The highest BCUT2D eigenvalue weighted by atomic mass is 32.1. The molecule has 0 fully saturated rings. The summed E-state index contributed by atoms with van der Waals surface area (Å²) in [4.78, 5) is 11.7. The van der Waals surface area contributed by atoms with Gasteiger partial charge in [-0.3, -0.25) is 10.1 Å². The third-order valence-electron chi connectivity index (χ3n) is 2.71. The van der Waals surface area contributed by atoms with E-state index < -0.39 is 0 Å². The molecule has 3 rings (SSSR count). The molecule has 0 unspecified atom stereocenters. The van der Waals surface area contributed by atoms with Gasteiger partial charge in [0.1, 0.15) is 5.01 Å². The van der Waals surface area contributed by atoms with Crippen LogP contribution >= 0.6 is 11.3 Å². The maximum atomic E-state index is 11.7. The Morgan fingerprint density at radius 3 is 2.82 bits per heavy atom. The lowest BCUT2D eigenvalue weighted by molar-refractivity contribution is -0.118. The molecule has 0 radical (unpaired) electrons. The van der Waals surface area contributed by atoms with Crippen molar-refractivity contribution in [3.05, 3.63) is 47.6 Å². The summed E-state index contributed by atoms with van der Waals surface area (Å²) in [6.07, 6.45) is 1.77. The van der Waals surface area contributed by atoms with E-state index in [2.05, 4.69) is 20.6 Å². The summed E-state index contributed by atoms with van der Waals surface area (Å²) in [6, 6.07) is 11.4. The van der Waals surface area contributed by atoms with Crippen molar-refractivity contribution in [3.63, 3.8) is 0 Å². The molecule has 0 aliphatic heterocycles. The van der Waals surface area contributed by atoms with Crippen molar-refractivity contribution < 1.29 is 9.53 Å². The summed E-state index contributed by atoms with van der Waals surface area (Å²) in [5.74, 6) is 0.0814. The highest BCUT2D eigenvalue weighted by molar-refractivity contribution is 7.15. The Balaban J connectivity index is 1.56. The molecule has 1 aromatic carbocycles. The van der Waals surface area contributed by atoms with Gasteiger partial charge in [0.15, 0.2) is 6.61 Å². The smallest absolute Gasteiger partial charge is 0.264 e. The van der Waals surface area contributed by atoms with E-state index in [1.165, 1.54) is 11.3 Å². The fourth-order valence-electron chi connectivity index (χ4n) is 1.75. The number of nitrogens with one attached hydrogen (secondary N) is 1. The fourth-order valence-corrected chi connectivity index (χ4v) is 2.36. The third-order valence-corrected chi connectivity index (χ3v) is 3.46. The van der Waals surface area contributed by atoms with Crippen LogP contribution in [-0.4, -0.2) is 32.5 Å². The molecule has 0 atom stereocenters. The second-order valence-electron chi connectivity index (χ2n) is 4.40. The first-order valence-corrected chi connectivity index (χ1v) is 7.36. The fraction of sp³-hybridized carbons (Fsp3) is 0.143. The minimum absolute atomic E-state index is 0.134. The maximum Gasteiger partial charge on any atom is 0.264 e. The highest BCUT2D eigenvalue weighted by Crippen LogP contribution is 2.14. The molecule has 1 N–H and O–H groups in total. The van der Waals surface area contributed by atoms with Gasteiger partial charge in [0, 0.05) is 12.3 Å². The van der Waals surface area contributed by atoms with Gasteiger partial charge in [0.05, 0.1) is 5.69 Å². The zero-order valence-electron chi connectivity index (χ0n) is 11.8. The van der Waals surface area contributed by atoms with Crippen molar-refractivity contribution in [2.75, 3.05) is 11.9 Å². The maximum absolute atomic E-state index is 11.7. The molecule has 3 aromatic rings. The average molecular weight is 315 g/mol. The number of carbonyl (C=O) groups excluding carboxylic acids is 1. The van der Waals surface area contributed by atoms with Crippen LogP contribution in [0, 0.1) is 6.92 Å². The molecule has 0 aliphatic carbocycles. The molecule has 7 nitrogen and oxygen atoms in total. The number of aromatic nitrogens is 4. The first-order chi connectivity index (χ1) is 10.7. The SMILES string of the molecule is Cc1nnc(NC(=O)COc2ccn(-c3ccccc3)n2)s1. The van der Waals surface area contributed by atoms with Crippen LogP contribution in [-0.2, 0) is 4.79 Å². The van der Waals surface area contributed by atoms with Crippen LogP contribution in [0.5, 0.6) is 5.88 Å². The van der Waals surface area contributed by atoms with E-state index in [1.807, 2.05) is 37.3 Å². The molecule has 0 saturated heterocycles. The Morgan fingerprint density at radius 1 is 1.27 bits per heavy atom. The van der Waals surface area contributed by atoms with Gasteiger partial charge < -0.3 is 4.74 Å². The van der Waals surface area contributed by atoms with Gasteiger partial charge in [-0.15, -0.1) is 15.3 Å². The molecule has 0 aliphatic rings. The number of amides is 1. The van der Waals surface area contributed by atoms with Crippen LogP contribution in [0.3, 0.4) is 0 Å². The average Bonchev–Trinajstić information content (AvgIpc) is 3.15. The number of anilines is 1.